The molecule has 0 aromatic heterocycles. The van der Waals surface area contributed by atoms with Crippen molar-refractivity contribution in [2.75, 3.05) is 26.8 Å². The molecular formula is C28H43NO3. The Bertz CT molecular complexity index is 794. The summed E-state index contributed by atoms with van der Waals surface area (Å²) < 4.78 is 5.90. The quantitative estimate of drug-likeness (QED) is 0.414. The van der Waals surface area contributed by atoms with Crippen LogP contribution in [0.5, 0.6) is 0 Å². The number of aryl methyl sites for hydroxylation is 1. The van der Waals surface area contributed by atoms with Crippen LogP contribution >= 0.6 is 0 Å². The van der Waals surface area contributed by atoms with E-state index in [4.69, 9.17) is 4.74 Å². The molecule has 1 aromatic carbocycles. The van der Waals surface area contributed by atoms with Crippen molar-refractivity contribution < 1.29 is 14.9 Å². The Balaban J connectivity index is 1.43. The maximum Gasteiger partial charge on any atom is 0.0761 e. The summed E-state index contributed by atoms with van der Waals surface area (Å²) in [6, 6.07) is 8.28. The van der Waals surface area contributed by atoms with E-state index >= 15 is 0 Å². The molecule has 0 amide bonds. The van der Waals surface area contributed by atoms with Gasteiger partial charge in [-0.15, -0.1) is 0 Å². The normalized spacial score (nSPS) is 26.7. The maximum atomic E-state index is 10.6. The van der Waals surface area contributed by atoms with E-state index in [0.717, 1.165) is 44.6 Å². The van der Waals surface area contributed by atoms with Crippen LogP contribution in [-0.2, 0) is 11.2 Å². The first kappa shape index (κ1) is 25.2. The summed E-state index contributed by atoms with van der Waals surface area (Å²) in [5.41, 5.74) is 3.99. The molecule has 5 atom stereocenters. The fourth-order valence-electron chi connectivity index (χ4n) is 5.04. The van der Waals surface area contributed by atoms with Crippen molar-refractivity contribution >= 4 is 0 Å². The molecule has 0 saturated heterocycles. The van der Waals surface area contributed by atoms with Gasteiger partial charge in [-0.05, 0) is 71.4 Å². The van der Waals surface area contributed by atoms with Crippen molar-refractivity contribution in [3.8, 4) is 0 Å². The summed E-state index contributed by atoms with van der Waals surface area (Å²) in [4.78, 5) is 2.32. The molecule has 0 radical (unpaired) electrons. The fraction of sp³-hybridized carbons (Fsp3) is 0.643. The van der Waals surface area contributed by atoms with Gasteiger partial charge in [-0.1, -0.05) is 53.6 Å². The summed E-state index contributed by atoms with van der Waals surface area (Å²) in [6.45, 7) is 11.2. The molecule has 32 heavy (non-hydrogen) atoms. The maximum absolute atomic E-state index is 10.6. The number of allylic oxidation sites excluding steroid dienone is 1. The first-order chi connectivity index (χ1) is 15.1. The molecule has 178 valence electrons. The lowest BCUT2D eigenvalue weighted by Crippen LogP contribution is -2.40. The second kappa shape index (κ2) is 11.1. The van der Waals surface area contributed by atoms with Gasteiger partial charge >= 0.3 is 0 Å². The number of benzene rings is 1. The third kappa shape index (κ3) is 7.02. The smallest absolute Gasteiger partial charge is 0.0761 e. The molecule has 1 fully saturated rings. The summed E-state index contributed by atoms with van der Waals surface area (Å²) >= 11 is 0. The Morgan fingerprint density at radius 3 is 2.75 bits per heavy atom. The van der Waals surface area contributed by atoms with Crippen LogP contribution in [0.1, 0.15) is 51.2 Å². The SMILES string of the molecule is Cc1cccc(C[C@@H](O)C=C[C@@H]2[C@H]3CC(CCOCCN(C)C(C)(C)C)=C[C@H]3C[C@H]2O)c1. The van der Waals surface area contributed by atoms with Gasteiger partial charge in [0.2, 0.25) is 0 Å². The average Bonchev–Trinajstić information content (AvgIpc) is 3.21. The largest absolute Gasteiger partial charge is 0.392 e. The van der Waals surface area contributed by atoms with Crippen LogP contribution in [0.15, 0.2) is 48.1 Å². The lowest BCUT2D eigenvalue weighted by Gasteiger charge is -2.31. The lowest BCUT2D eigenvalue weighted by molar-refractivity contribution is 0.0820. The predicted molar refractivity (Wildman–Crippen MR) is 132 cm³/mol. The van der Waals surface area contributed by atoms with Gasteiger partial charge in [-0.3, -0.25) is 4.90 Å². The molecule has 1 aromatic rings. The third-order valence-corrected chi connectivity index (χ3v) is 7.32. The van der Waals surface area contributed by atoms with E-state index in [0.29, 0.717) is 18.3 Å². The van der Waals surface area contributed by atoms with E-state index < -0.39 is 6.10 Å². The van der Waals surface area contributed by atoms with Crippen LogP contribution in [0.25, 0.3) is 0 Å². The van der Waals surface area contributed by atoms with Crippen molar-refractivity contribution in [3.63, 3.8) is 0 Å². The Kier molecular flexibility index (Phi) is 8.74. The number of nitrogens with zero attached hydrogens (tertiary/aromatic N) is 1. The van der Waals surface area contributed by atoms with Gasteiger partial charge in [0.1, 0.15) is 0 Å². The minimum absolute atomic E-state index is 0.127. The molecule has 2 N–H and O–H groups in total. The van der Waals surface area contributed by atoms with E-state index in [1.807, 2.05) is 12.1 Å². The van der Waals surface area contributed by atoms with Gasteiger partial charge in [0, 0.05) is 24.4 Å². The monoisotopic (exact) mass is 441 g/mol. The lowest BCUT2D eigenvalue weighted by atomic mass is 9.88. The highest BCUT2D eigenvalue weighted by Crippen LogP contribution is 2.47. The average molecular weight is 442 g/mol. The van der Waals surface area contributed by atoms with Crippen LogP contribution in [0.2, 0.25) is 0 Å². The van der Waals surface area contributed by atoms with Gasteiger partial charge in [-0.2, -0.15) is 0 Å². The summed E-state index contributed by atoms with van der Waals surface area (Å²) in [5, 5.41) is 21.1. The van der Waals surface area contributed by atoms with Gasteiger partial charge in [0.25, 0.3) is 0 Å². The molecule has 0 heterocycles. The van der Waals surface area contributed by atoms with Crippen LogP contribution < -0.4 is 0 Å². The van der Waals surface area contributed by atoms with Gasteiger partial charge in [0.05, 0.1) is 25.4 Å². The van der Waals surface area contributed by atoms with Gasteiger partial charge in [0.15, 0.2) is 0 Å². The van der Waals surface area contributed by atoms with Crippen molar-refractivity contribution in [2.45, 2.75) is 71.1 Å². The zero-order valence-electron chi connectivity index (χ0n) is 20.6. The van der Waals surface area contributed by atoms with Crippen molar-refractivity contribution in [1.82, 2.24) is 4.90 Å². The van der Waals surface area contributed by atoms with Crippen LogP contribution in [0, 0.1) is 24.7 Å². The zero-order valence-corrected chi connectivity index (χ0v) is 20.6. The van der Waals surface area contributed by atoms with E-state index in [2.05, 4.69) is 70.0 Å². The Labute approximate surface area is 195 Å². The van der Waals surface area contributed by atoms with Crippen molar-refractivity contribution in [3.05, 3.63) is 59.2 Å². The highest BCUT2D eigenvalue weighted by molar-refractivity contribution is 5.24. The molecule has 4 nitrogen and oxygen atoms in total. The molecule has 3 rings (SSSR count). The molecule has 2 aliphatic rings. The van der Waals surface area contributed by atoms with E-state index in [-0.39, 0.29) is 17.6 Å². The molecule has 1 saturated carbocycles. The Morgan fingerprint density at radius 1 is 1.25 bits per heavy atom. The molecule has 2 aliphatic carbocycles. The summed E-state index contributed by atoms with van der Waals surface area (Å²) in [5.74, 6) is 1.03. The second-order valence-corrected chi connectivity index (χ2v) is 10.8. The molecule has 0 unspecified atom stereocenters. The Morgan fingerprint density at radius 2 is 2.03 bits per heavy atom. The topological polar surface area (TPSA) is 52.9 Å². The number of likely N-dealkylation sites (N-methyl/N-ethyl adjacent to an activating group) is 1. The fourth-order valence-corrected chi connectivity index (χ4v) is 5.04. The van der Waals surface area contributed by atoms with E-state index in [1.54, 1.807) is 0 Å². The van der Waals surface area contributed by atoms with Crippen LogP contribution in [0.4, 0.5) is 0 Å². The predicted octanol–water partition coefficient (Wildman–Crippen LogP) is 4.53. The van der Waals surface area contributed by atoms with E-state index in [1.165, 1.54) is 11.1 Å². The first-order valence-corrected chi connectivity index (χ1v) is 12.2. The number of fused-ring (bicyclic) bond motifs is 1. The third-order valence-electron chi connectivity index (χ3n) is 7.32. The molecule has 0 spiro atoms. The number of hydrogen-bond donors (Lipinski definition) is 2. The number of aliphatic hydroxyl groups is 2. The van der Waals surface area contributed by atoms with Crippen molar-refractivity contribution in [1.29, 1.82) is 0 Å². The number of ether oxygens (including phenoxy) is 1. The molecule has 0 aliphatic heterocycles. The highest BCUT2D eigenvalue weighted by atomic mass is 16.5. The van der Waals surface area contributed by atoms with Crippen LogP contribution in [0.3, 0.4) is 0 Å². The summed E-state index contributed by atoms with van der Waals surface area (Å²) in [6.07, 6.45) is 8.98. The molecular weight excluding hydrogens is 398 g/mol. The summed E-state index contributed by atoms with van der Waals surface area (Å²) in [7, 11) is 2.14. The second-order valence-electron chi connectivity index (χ2n) is 10.8. The van der Waals surface area contributed by atoms with Crippen LogP contribution in [-0.4, -0.2) is 59.7 Å². The zero-order chi connectivity index (χ0) is 23.3. The number of rotatable bonds is 10. The Hall–Kier alpha value is -1.46. The number of hydrogen-bond acceptors (Lipinski definition) is 4. The highest BCUT2D eigenvalue weighted by Gasteiger charge is 2.43. The van der Waals surface area contributed by atoms with Gasteiger partial charge in [-0.25, -0.2) is 0 Å². The van der Waals surface area contributed by atoms with Gasteiger partial charge < -0.3 is 14.9 Å². The number of aliphatic hydroxyl groups excluding tert-OH is 2. The van der Waals surface area contributed by atoms with E-state index in [9.17, 15) is 10.2 Å². The first-order valence-electron chi connectivity index (χ1n) is 12.2. The minimum atomic E-state index is -0.517. The molecule has 4 heteroatoms. The standard InChI is InChI=1S/C28H43NO3/c1-20-7-6-8-21(15-20)17-24(30)9-10-25-26-18-22(16-23(26)19-27(25)31)11-13-32-14-12-29(5)28(2,3)4/h6-10,15-16,23-27,30-31H,11-14,17-19H2,1-5H3/t23-,24-,25+,26-,27+/m0/s1. The molecule has 0 bridgehead atoms. The van der Waals surface area contributed by atoms with Crippen molar-refractivity contribution in [2.24, 2.45) is 17.8 Å². The minimum Gasteiger partial charge on any atom is -0.392 e.